The van der Waals surface area contributed by atoms with E-state index in [1.165, 1.54) is 0 Å². The minimum atomic E-state index is -0.748. The Morgan fingerprint density at radius 3 is 2.26 bits per heavy atom. The van der Waals surface area contributed by atoms with Crippen LogP contribution in [0, 0.1) is 11.3 Å². The molecule has 0 spiro atoms. The largest absolute Gasteiger partial charge is 0.459 e. The van der Waals surface area contributed by atoms with Crippen LogP contribution in [0.5, 0.6) is 0 Å². The molecule has 1 aromatic rings. The second-order valence-electron chi connectivity index (χ2n) is 11.1. The van der Waals surface area contributed by atoms with Crippen LogP contribution in [0.15, 0.2) is 24.3 Å². The molecule has 0 aromatic heterocycles. The molecule has 0 aliphatic carbocycles. The number of carbonyl (C=O) groups is 2. The molecule has 0 aliphatic heterocycles. The van der Waals surface area contributed by atoms with Crippen molar-refractivity contribution in [2.75, 3.05) is 32.3 Å². The summed E-state index contributed by atoms with van der Waals surface area (Å²) in [5.41, 5.74) is 0.845. The van der Waals surface area contributed by atoms with Crippen molar-refractivity contribution in [2.45, 2.75) is 85.2 Å². The second-order valence-corrected chi connectivity index (χ2v) is 12.2. The summed E-state index contributed by atoms with van der Waals surface area (Å²) in [6.45, 7) is 14.3. The predicted octanol–water partition coefficient (Wildman–Crippen LogP) is 5.85. The molecule has 1 rings (SSSR count). The first-order chi connectivity index (χ1) is 15.7. The van der Waals surface area contributed by atoms with Gasteiger partial charge >= 0.3 is 5.97 Å². The Morgan fingerprint density at radius 1 is 1.12 bits per heavy atom. The highest BCUT2D eigenvalue weighted by atomic mass is 32.2. The van der Waals surface area contributed by atoms with Crippen molar-refractivity contribution in [1.29, 1.82) is 0 Å². The average Bonchev–Trinajstić information content (AvgIpc) is 2.73. The zero-order valence-corrected chi connectivity index (χ0v) is 23.7. The van der Waals surface area contributed by atoms with Crippen LogP contribution in [0.2, 0.25) is 0 Å². The summed E-state index contributed by atoms with van der Waals surface area (Å²) in [6.07, 6.45) is 4.22. The molecule has 2 atom stereocenters. The maximum atomic E-state index is 13.3. The van der Waals surface area contributed by atoms with E-state index < -0.39 is 11.0 Å². The van der Waals surface area contributed by atoms with Crippen LogP contribution in [0.25, 0.3) is 0 Å². The van der Waals surface area contributed by atoms with E-state index in [4.69, 9.17) is 9.84 Å². The third kappa shape index (κ3) is 12.9. The molecule has 0 amide bonds. The lowest BCUT2D eigenvalue weighted by molar-refractivity contribution is -0.162. The lowest BCUT2D eigenvalue weighted by Gasteiger charge is -2.33. The van der Waals surface area contributed by atoms with Crippen molar-refractivity contribution < 1.29 is 24.2 Å². The van der Waals surface area contributed by atoms with Gasteiger partial charge in [0, 0.05) is 25.9 Å². The molecule has 1 aromatic carbocycles. The Morgan fingerprint density at radius 2 is 1.74 bits per heavy atom. The van der Waals surface area contributed by atoms with Crippen LogP contribution in [-0.2, 0) is 30.9 Å². The Hall–Kier alpha value is -1.37. The monoisotopic (exact) mass is 496 g/mol. The summed E-state index contributed by atoms with van der Waals surface area (Å²) < 4.78 is 10.1. The molecule has 196 valence electrons. The van der Waals surface area contributed by atoms with Gasteiger partial charge in [-0.05, 0) is 69.3 Å². The first-order valence-corrected chi connectivity index (χ1v) is 13.3. The van der Waals surface area contributed by atoms with Crippen molar-refractivity contribution in [3.63, 3.8) is 0 Å². The van der Waals surface area contributed by atoms with Gasteiger partial charge in [0.25, 0.3) is 0 Å². The fourth-order valence-electron chi connectivity index (χ4n) is 3.62. The molecule has 0 bridgehead atoms. The second kappa shape index (κ2) is 15.6. The molecule has 1 N–H and O–H groups in total. The van der Waals surface area contributed by atoms with E-state index in [-0.39, 0.29) is 23.9 Å². The predicted molar refractivity (Wildman–Crippen MR) is 144 cm³/mol. The Kier molecular flexibility index (Phi) is 15.0. The van der Waals surface area contributed by atoms with Crippen LogP contribution in [0.1, 0.15) is 78.9 Å². The number of thioether (sulfide) groups is 1. The van der Waals surface area contributed by atoms with Gasteiger partial charge in [-0.1, -0.05) is 51.5 Å². The summed E-state index contributed by atoms with van der Waals surface area (Å²) in [4.78, 5) is 24.4. The third-order valence-electron chi connectivity index (χ3n) is 5.46. The Labute approximate surface area is 212 Å². The number of methoxy groups -OCH3 is 1. The molecule has 34 heavy (non-hydrogen) atoms. The highest BCUT2D eigenvalue weighted by molar-refractivity contribution is 7.99. The Bertz CT molecular complexity index is 726. The standard InChI is InChI=1S/C26H42O4S.C2H6O/c1-20(18-28)16-21-10-8-11-22(17-21)26(7,23(29)30-24(2,3)4)13-9-12-25(5,6)19-31-15-14-27;1-3-2/h8,10-11,17-18,20,27H,9,12-16,19H2,1-7H3;1-2H3. The topological polar surface area (TPSA) is 72.8 Å². The van der Waals surface area contributed by atoms with Crippen molar-refractivity contribution in [3.8, 4) is 0 Å². The molecule has 5 nitrogen and oxygen atoms in total. The molecule has 0 heterocycles. The van der Waals surface area contributed by atoms with E-state index in [1.807, 2.05) is 52.8 Å². The highest BCUT2D eigenvalue weighted by Crippen LogP contribution is 2.36. The lowest BCUT2D eigenvalue weighted by Crippen LogP contribution is -2.39. The average molecular weight is 497 g/mol. The number of ether oxygens (including phenoxy) is 2. The summed E-state index contributed by atoms with van der Waals surface area (Å²) in [5.74, 6) is 1.48. The zero-order valence-electron chi connectivity index (χ0n) is 22.9. The molecule has 0 aliphatic rings. The first kappa shape index (κ1) is 32.6. The number of rotatable bonds is 13. The molecule has 0 saturated carbocycles. The lowest BCUT2D eigenvalue weighted by atomic mass is 9.75. The molecule has 6 heteroatoms. The van der Waals surface area contributed by atoms with Gasteiger partial charge in [0.2, 0.25) is 0 Å². The van der Waals surface area contributed by atoms with E-state index in [0.717, 1.165) is 41.8 Å². The maximum Gasteiger partial charge on any atom is 0.316 e. The van der Waals surface area contributed by atoms with Crippen molar-refractivity contribution in [3.05, 3.63) is 35.4 Å². The number of hydrogen-bond acceptors (Lipinski definition) is 6. The van der Waals surface area contributed by atoms with Crippen LogP contribution >= 0.6 is 11.8 Å². The minimum Gasteiger partial charge on any atom is -0.459 e. The van der Waals surface area contributed by atoms with Crippen LogP contribution < -0.4 is 0 Å². The van der Waals surface area contributed by atoms with E-state index in [9.17, 15) is 9.59 Å². The molecular formula is C28H48O5S. The van der Waals surface area contributed by atoms with Gasteiger partial charge in [-0.2, -0.15) is 11.8 Å². The van der Waals surface area contributed by atoms with Crippen LogP contribution in [0.4, 0.5) is 0 Å². The van der Waals surface area contributed by atoms with Crippen molar-refractivity contribution in [1.82, 2.24) is 0 Å². The number of aldehydes is 1. The molecule has 2 unspecified atom stereocenters. The molecule has 0 radical (unpaired) electrons. The normalized spacial score (nSPS) is 14.4. The SMILES string of the molecule is CC(C=O)Cc1cccc(C(C)(CCCC(C)(C)CSCCO)C(=O)OC(C)(C)C)c1.COC. The molecule has 0 saturated heterocycles. The van der Waals surface area contributed by atoms with Crippen LogP contribution in [0.3, 0.4) is 0 Å². The van der Waals surface area contributed by atoms with Gasteiger partial charge in [0.1, 0.15) is 11.9 Å². The number of aliphatic hydroxyl groups is 1. The van der Waals surface area contributed by atoms with Gasteiger partial charge in [-0.15, -0.1) is 0 Å². The minimum absolute atomic E-state index is 0.0553. The summed E-state index contributed by atoms with van der Waals surface area (Å²) >= 11 is 1.77. The number of benzene rings is 1. The van der Waals surface area contributed by atoms with Gasteiger partial charge < -0.3 is 19.4 Å². The fraction of sp³-hybridized carbons (Fsp3) is 0.714. The van der Waals surface area contributed by atoms with Crippen molar-refractivity contribution in [2.24, 2.45) is 11.3 Å². The summed E-state index contributed by atoms with van der Waals surface area (Å²) in [6, 6.07) is 8.05. The van der Waals surface area contributed by atoms with E-state index in [0.29, 0.717) is 12.8 Å². The smallest absolute Gasteiger partial charge is 0.316 e. The number of hydrogen-bond donors (Lipinski definition) is 1. The molecular weight excluding hydrogens is 448 g/mol. The van der Waals surface area contributed by atoms with Gasteiger partial charge in [-0.3, -0.25) is 4.79 Å². The quantitative estimate of drug-likeness (QED) is 0.210. The van der Waals surface area contributed by atoms with Crippen LogP contribution in [-0.4, -0.2) is 55.3 Å². The summed E-state index contributed by atoms with van der Waals surface area (Å²) in [7, 11) is 3.25. The van der Waals surface area contributed by atoms with E-state index >= 15 is 0 Å². The van der Waals surface area contributed by atoms with E-state index in [1.54, 1.807) is 26.0 Å². The third-order valence-corrected chi connectivity index (χ3v) is 6.92. The fourth-order valence-corrected chi connectivity index (χ4v) is 4.59. The number of aliphatic hydroxyl groups excluding tert-OH is 1. The number of carbonyl (C=O) groups excluding carboxylic acids is 2. The van der Waals surface area contributed by atoms with E-state index in [2.05, 4.69) is 24.7 Å². The van der Waals surface area contributed by atoms with Gasteiger partial charge in [-0.25, -0.2) is 0 Å². The van der Waals surface area contributed by atoms with Gasteiger partial charge in [0.05, 0.1) is 12.0 Å². The van der Waals surface area contributed by atoms with Crippen molar-refractivity contribution >= 4 is 24.0 Å². The molecule has 0 fully saturated rings. The van der Waals surface area contributed by atoms with Gasteiger partial charge in [0.15, 0.2) is 0 Å². The zero-order chi connectivity index (χ0) is 26.4. The maximum absolute atomic E-state index is 13.3. The summed E-state index contributed by atoms with van der Waals surface area (Å²) in [5, 5.41) is 9.03. The number of esters is 1. The first-order valence-electron chi connectivity index (χ1n) is 12.1. The highest BCUT2D eigenvalue weighted by Gasteiger charge is 2.39. The Balaban J connectivity index is 0.00000343.